The third-order valence-corrected chi connectivity index (χ3v) is 3.69. The van der Waals surface area contributed by atoms with Gasteiger partial charge in [-0.1, -0.05) is 27.5 Å². The second kappa shape index (κ2) is 6.86. The van der Waals surface area contributed by atoms with Crippen molar-refractivity contribution in [2.45, 2.75) is 39.5 Å². The standard InChI is InChI=1S/C16H19BrClNO2/c1-16(2,3)19-9-11-6-7-20-15(11)10-21-14-5-4-12(17)8-13(14)18/h4-8,19H,9-10H2,1-3H3. The minimum absolute atomic E-state index is 0.0599. The van der Waals surface area contributed by atoms with E-state index in [2.05, 4.69) is 42.0 Å². The van der Waals surface area contributed by atoms with Crippen LogP contribution < -0.4 is 10.1 Å². The van der Waals surface area contributed by atoms with Gasteiger partial charge in [0.25, 0.3) is 0 Å². The van der Waals surface area contributed by atoms with Crippen molar-refractivity contribution < 1.29 is 9.15 Å². The molecule has 0 unspecified atom stereocenters. The molecule has 2 aromatic rings. The van der Waals surface area contributed by atoms with Crippen LogP contribution in [0.2, 0.25) is 5.02 Å². The molecule has 0 aliphatic rings. The van der Waals surface area contributed by atoms with Crippen molar-refractivity contribution >= 4 is 27.5 Å². The highest BCUT2D eigenvalue weighted by Crippen LogP contribution is 2.28. The fourth-order valence-corrected chi connectivity index (χ4v) is 2.48. The van der Waals surface area contributed by atoms with Gasteiger partial charge in [-0.2, -0.15) is 0 Å². The average molecular weight is 373 g/mol. The number of furan rings is 1. The number of benzene rings is 1. The van der Waals surface area contributed by atoms with Crippen LogP contribution in [0.3, 0.4) is 0 Å². The first-order valence-corrected chi connectivity index (χ1v) is 7.90. The Kier molecular flexibility index (Phi) is 5.36. The summed E-state index contributed by atoms with van der Waals surface area (Å²) in [6, 6.07) is 7.50. The van der Waals surface area contributed by atoms with Gasteiger partial charge in [0.1, 0.15) is 18.1 Å². The fourth-order valence-electron chi connectivity index (χ4n) is 1.75. The molecule has 1 heterocycles. The van der Waals surface area contributed by atoms with E-state index in [0.717, 1.165) is 22.3 Å². The van der Waals surface area contributed by atoms with E-state index >= 15 is 0 Å². The summed E-state index contributed by atoms with van der Waals surface area (Å²) in [5.41, 5.74) is 1.16. The van der Waals surface area contributed by atoms with Gasteiger partial charge in [-0.3, -0.25) is 0 Å². The molecule has 0 aliphatic carbocycles. The van der Waals surface area contributed by atoms with E-state index in [1.54, 1.807) is 12.3 Å². The molecule has 0 radical (unpaired) electrons. The smallest absolute Gasteiger partial charge is 0.146 e. The van der Waals surface area contributed by atoms with E-state index < -0.39 is 0 Å². The molecule has 0 amide bonds. The highest BCUT2D eigenvalue weighted by molar-refractivity contribution is 9.10. The van der Waals surface area contributed by atoms with Crippen molar-refractivity contribution in [1.82, 2.24) is 5.32 Å². The van der Waals surface area contributed by atoms with E-state index in [0.29, 0.717) is 17.4 Å². The van der Waals surface area contributed by atoms with Crippen LogP contribution in [0, 0.1) is 0 Å². The van der Waals surface area contributed by atoms with Gasteiger partial charge in [-0.25, -0.2) is 0 Å². The van der Waals surface area contributed by atoms with E-state index in [1.807, 2.05) is 18.2 Å². The zero-order chi connectivity index (χ0) is 15.5. The Hall–Kier alpha value is -0.970. The van der Waals surface area contributed by atoms with Crippen LogP contribution in [-0.2, 0) is 13.2 Å². The van der Waals surface area contributed by atoms with E-state index in [4.69, 9.17) is 20.8 Å². The van der Waals surface area contributed by atoms with Crippen LogP contribution in [-0.4, -0.2) is 5.54 Å². The molecule has 1 N–H and O–H groups in total. The molecule has 21 heavy (non-hydrogen) atoms. The Labute approximate surface area is 138 Å². The Morgan fingerprint density at radius 1 is 1.29 bits per heavy atom. The number of rotatable bonds is 5. The number of ether oxygens (including phenoxy) is 1. The van der Waals surface area contributed by atoms with Crippen molar-refractivity contribution in [3.63, 3.8) is 0 Å². The average Bonchev–Trinajstić information content (AvgIpc) is 2.82. The molecule has 3 nitrogen and oxygen atoms in total. The molecule has 0 saturated heterocycles. The van der Waals surface area contributed by atoms with Crippen LogP contribution in [0.1, 0.15) is 32.1 Å². The molecule has 0 saturated carbocycles. The Bertz CT molecular complexity index is 605. The predicted octanol–water partition coefficient (Wildman–Crippen LogP) is 5.16. The molecule has 0 spiro atoms. The highest BCUT2D eigenvalue weighted by atomic mass is 79.9. The van der Waals surface area contributed by atoms with Gasteiger partial charge >= 0.3 is 0 Å². The van der Waals surface area contributed by atoms with Crippen molar-refractivity contribution in [3.8, 4) is 5.75 Å². The van der Waals surface area contributed by atoms with Crippen LogP contribution in [0.4, 0.5) is 0 Å². The van der Waals surface area contributed by atoms with Crippen molar-refractivity contribution in [2.24, 2.45) is 0 Å². The van der Waals surface area contributed by atoms with Gasteiger partial charge in [0.05, 0.1) is 11.3 Å². The lowest BCUT2D eigenvalue weighted by atomic mass is 10.1. The zero-order valence-corrected chi connectivity index (χ0v) is 14.7. The first kappa shape index (κ1) is 16.4. The molecular weight excluding hydrogens is 354 g/mol. The molecule has 0 fully saturated rings. The second-order valence-electron chi connectivity index (χ2n) is 5.84. The zero-order valence-electron chi connectivity index (χ0n) is 12.4. The lowest BCUT2D eigenvalue weighted by Crippen LogP contribution is -2.35. The van der Waals surface area contributed by atoms with Crippen LogP contribution in [0.15, 0.2) is 39.4 Å². The van der Waals surface area contributed by atoms with Gasteiger partial charge in [-0.15, -0.1) is 0 Å². The number of hydrogen-bond donors (Lipinski definition) is 1. The molecule has 114 valence electrons. The summed E-state index contributed by atoms with van der Waals surface area (Å²) in [5, 5.41) is 4.01. The second-order valence-corrected chi connectivity index (χ2v) is 7.16. The topological polar surface area (TPSA) is 34.4 Å². The normalized spacial score (nSPS) is 11.7. The summed E-state index contributed by atoms with van der Waals surface area (Å²) in [5.74, 6) is 1.46. The third kappa shape index (κ3) is 5.06. The van der Waals surface area contributed by atoms with Gasteiger partial charge < -0.3 is 14.5 Å². The largest absolute Gasteiger partial charge is 0.484 e. The van der Waals surface area contributed by atoms with Gasteiger partial charge in [0, 0.05) is 22.1 Å². The van der Waals surface area contributed by atoms with Gasteiger partial charge in [0.15, 0.2) is 0 Å². The van der Waals surface area contributed by atoms with Crippen LogP contribution in [0.5, 0.6) is 5.75 Å². The van der Waals surface area contributed by atoms with Gasteiger partial charge in [0.2, 0.25) is 0 Å². The maximum absolute atomic E-state index is 6.13. The molecule has 1 aromatic carbocycles. The van der Waals surface area contributed by atoms with Crippen molar-refractivity contribution in [1.29, 1.82) is 0 Å². The van der Waals surface area contributed by atoms with Crippen LogP contribution >= 0.6 is 27.5 Å². The summed E-state index contributed by atoms with van der Waals surface area (Å²) in [6.07, 6.45) is 1.68. The molecular formula is C16H19BrClNO2. The highest BCUT2D eigenvalue weighted by Gasteiger charge is 2.13. The fraction of sp³-hybridized carbons (Fsp3) is 0.375. The Morgan fingerprint density at radius 3 is 2.71 bits per heavy atom. The molecule has 0 atom stereocenters. The van der Waals surface area contributed by atoms with Crippen LogP contribution in [0.25, 0.3) is 0 Å². The molecule has 5 heteroatoms. The first-order chi connectivity index (χ1) is 9.85. The maximum atomic E-state index is 6.13. The minimum atomic E-state index is 0.0599. The number of nitrogens with one attached hydrogen (secondary N) is 1. The van der Waals surface area contributed by atoms with Gasteiger partial charge in [-0.05, 0) is 45.0 Å². The Balaban J connectivity index is 1.99. The summed E-state index contributed by atoms with van der Waals surface area (Å²) >= 11 is 9.50. The first-order valence-electron chi connectivity index (χ1n) is 6.73. The monoisotopic (exact) mass is 371 g/mol. The molecule has 0 aliphatic heterocycles. The Morgan fingerprint density at radius 2 is 2.05 bits per heavy atom. The third-order valence-electron chi connectivity index (χ3n) is 2.90. The van der Waals surface area contributed by atoms with E-state index in [-0.39, 0.29) is 5.54 Å². The molecule has 0 bridgehead atoms. The van der Waals surface area contributed by atoms with Crippen molar-refractivity contribution in [3.05, 3.63) is 51.3 Å². The summed E-state index contributed by atoms with van der Waals surface area (Å²) < 4.78 is 12.2. The lowest BCUT2D eigenvalue weighted by molar-refractivity contribution is 0.267. The summed E-state index contributed by atoms with van der Waals surface area (Å²) in [4.78, 5) is 0. The minimum Gasteiger partial charge on any atom is -0.484 e. The number of hydrogen-bond acceptors (Lipinski definition) is 3. The maximum Gasteiger partial charge on any atom is 0.146 e. The number of halogens is 2. The summed E-state index contributed by atoms with van der Waals surface area (Å²) in [7, 11) is 0. The van der Waals surface area contributed by atoms with E-state index in [9.17, 15) is 0 Å². The van der Waals surface area contributed by atoms with Crippen molar-refractivity contribution in [2.75, 3.05) is 0 Å². The quantitative estimate of drug-likeness (QED) is 0.787. The lowest BCUT2D eigenvalue weighted by Gasteiger charge is -2.20. The summed E-state index contributed by atoms with van der Waals surface area (Å²) in [6.45, 7) is 7.49. The SMILES string of the molecule is CC(C)(C)NCc1ccoc1COc1ccc(Br)cc1Cl. The molecule has 2 rings (SSSR count). The van der Waals surface area contributed by atoms with E-state index in [1.165, 1.54) is 0 Å². The molecule has 1 aromatic heterocycles. The predicted molar refractivity (Wildman–Crippen MR) is 88.8 cm³/mol.